The van der Waals surface area contributed by atoms with E-state index in [1.165, 1.54) is 6.33 Å². The van der Waals surface area contributed by atoms with E-state index in [0.29, 0.717) is 12.2 Å². The average molecular weight is 267 g/mol. The first-order valence-electron chi connectivity index (χ1n) is 6.70. The number of fused-ring (bicyclic) bond motifs is 1. The molecule has 0 aliphatic rings. The molecule has 0 unspecified atom stereocenters. The van der Waals surface area contributed by atoms with E-state index in [4.69, 9.17) is 10.7 Å². The summed E-state index contributed by atoms with van der Waals surface area (Å²) in [5.74, 6) is 1.55. The summed E-state index contributed by atoms with van der Waals surface area (Å²) < 4.78 is 2.22. The maximum Gasteiger partial charge on any atom is 0.129 e. The van der Waals surface area contributed by atoms with Crippen LogP contribution in [0.3, 0.4) is 0 Å². The second kappa shape index (κ2) is 4.92. The van der Waals surface area contributed by atoms with Crippen molar-refractivity contribution in [3.8, 4) is 0 Å². The molecule has 0 radical (unpaired) electrons. The Hall–Kier alpha value is -2.43. The zero-order chi connectivity index (χ0) is 14.1. The van der Waals surface area contributed by atoms with E-state index in [9.17, 15) is 0 Å². The summed E-state index contributed by atoms with van der Waals surface area (Å²) in [5, 5.41) is 0. The Bertz CT molecular complexity index is 760. The number of hydrogen-bond acceptors (Lipinski definition) is 4. The van der Waals surface area contributed by atoms with Gasteiger partial charge in [0.15, 0.2) is 0 Å². The van der Waals surface area contributed by atoms with Gasteiger partial charge in [-0.25, -0.2) is 15.0 Å². The number of aryl methyl sites for hydroxylation is 1. The molecule has 0 atom stereocenters. The summed E-state index contributed by atoms with van der Waals surface area (Å²) in [4.78, 5) is 13.1. The highest BCUT2D eigenvalue weighted by Crippen LogP contribution is 2.19. The van der Waals surface area contributed by atoms with E-state index in [1.54, 1.807) is 0 Å². The monoisotopic (exact) mass is 267 g/mol. The van der Waals surface area contributed by atoms with E-state index >= 15 is 0 Å². The summed E-state index contributed by atoms with van der Waals surface area (Å²) in [5.41, 5.74) is 9.88. The molecule has 2 heterocycles. The number of para-hydroxylation sites is 2. The Morgan fingerprint density at radius 3 is 2.80 bits per heavy atom. The Balaban J connectivity index is 2.08. The number of rotatable bonds is 3. The molecule has 0 saturated heterocycles. The van der Waals surface area contributed by atoms with E-state index in [2.05, 4.69) is 27.5 Å². The highest BCUT2D eigenvalue weighted by atomic mass is 15.1. The minimum absolute atomic E-state index is 0.536. The van der Waals surface area contributed by atoms with Gasteiger partial charge >= 0.3 is 0 Å². The number of anilines is 1. The SMILES string of the molecule is CCn1c(Cc2ncnc(N)c2C)nc2ccccc21. The van der Waals surface area contributed by atoms with Crippen molar-refractivity contribution in [2.45, 2.75) is 26.8 Å². The quantitative estimate of drug-likeness (QED) is 0.790. The fourth-order valence-corrected chi connectivity index (χ4v) is 2.44. The summed E-state index contributed by atoms with van der Waals surface area (Å²) in [6.07, 6.45) is 2.18. The molecule has 3 aromatic rings. The Labute approximate surface area is 117 Å². The van der Waals surface area contributed by atoms with Gasteiger partial charge in [0.2, 0.25) is 0 Å². The van der Waals surface area contributed by atoms with Crippen molar-refractivity contribution in [1.29, 1.82) is 0 Å². The smallest absolute Gasteiger partial charge is 0.129 e. The van der Waals surface area contributed by atoms with Crippen LogP contribution in [0.2, 0.25) is 0 Å². The number of aromatic nitrogens is 4. The molecule has 5 heteroatoms. The normalized spacial score (nSPS) is 11.1. The first kappa shape index (κ1) is 12.6. The van der Waals surface area contributed by atoms with Crippen LogP contribution in [0.25, 0.3) is 11.0 Å². The van der Waals surface area contributed by atoms with Crippen LogP contribution in [-0.4, -0.2) is 19.5 Å². The Morgan fingerprint density at radius 2 is 2.00 bits per heavy atom. The summed E-state index contributed by atoms with van der Waals surface area (Å²) in [6, 6.07) is 8.17. The van der Waals surface area contributed by atoms with E-state index in [-0.39, 0.29) is 0 Å². The Morgan fingerprint density at radius 1 is 1.20 bits per heavy atom. The molecule has 0 amide bonds. The molecular weight excluding hydrogens is 250 g/mol. The van der Waals surface area contributed by atoms with Gasteiger partial charge in [-0.1, -0.05) is 12.1 Å². The molecule has 0 spiro atoms. The first-order chi connectivity index (χ1) is 9.70. The van der Waals surface area contributed by atoms with E-state index < -0.39 is 0 Å². The number of nitrogens with two attached hydrogens (primary N) is 1. The van der Waals surface area contributed by atoms with Crippen LogP contribution in [0.1, 0.15) is 24.0 Å². The van der Waals surface area contributed by atoms with Crippen LogP contribution < -0.4 is 5.73 Å². The second-order valence-electron chi connectivity index (χ2n) is 4.77. The van der Waals surface area contributed by atoms with Crippen molar-refractivity contribution >= 4 is 16.9 Å². The molecular formula is C15H17N5. The van der Waals surface area contributed by atoms with Crippen molar-refractivity contribution < 1.29 is 0 Å². The van der Waals surface area contributed by atoms with E-state index in [0.717, 1.165) is 34.7 Å². The fourth-order valence-electron chi connectivity index (χ4n) is 2.44. The minimum atomic E-state index is 0.536. The fraction of sp³-hybridized carbons (Fsp3) is 0.267. The predicted octanol–water partition coefficient (Wildman–Crippen LogP) is 2.33. The lowest BCUT2D eigenvalue weighted by molar-refractivity contribution is 0.727. The molecule has 1 aromatic carbocycles. The van der Waals surface area contributed by atoms with Crippen molar-refractivity contribution in [2.24, 2.45) is 0 Å². The highest BCUT2D eigenvalue weighted by Gasteiger charge is 2.12. The predicted molar refractivity (Wildman–Crippen MR) is 79.4 cm³/mol. The van der Waals surface area contributed by atoms with Gasteiger partial charge in [0.05, 0.1) is 16.7 Å². The molecule has 5 nitrogen and oxygen atoms in total. The van der Waals surface area contributed by atoms with Gasteiger partial charge in [0.25, 0.3) is 0 Å². The van der Waals surface area contributed by atoms with Crippen molar-refractivity contribution in [2.75, 3.05) is 5.73 Å². The molecule has 2 aromatic heterocycles. The summed E-state index contributed by atoms with van der Waals surface area (Å²) in [7, 11) is 0. The zero-order valence-electron chi connectivity index (χ0n) is 11.7. The highest BCUT2D eigenvalue weighted by molar-refractivity contribution is 5.76. The molecule has 3 rings (SSSR count). The molecule has 0 fully saturated rings. The van der Waals surface area contributed by atoms with Gasteiger partial charge in [-0.05, 0) is 26.0 Å². The van der Waals surface area contributed by atoms with Gasteiger partial charge in [0, 0.05) is 18.5 Å². The van der Waals surface area contributed by atoms with Crippen LogP contribution in [0.15, 0.2) is 30.6 Å². The van der Waals surface area contributed by atoms with Crippen molar-refractivity contribution in [1.82, 2.24) is 19.5 Å². The van der Waals surface area contributed by atoms with Gasteiger partial charge in [-0.3, -0.25) is 0 Å². The standard InChI is InChI=1S/C15H17N5/c1-3-20-13-7-5-4-6-11(13)19-14(20)8-12-10(2)15(16)18-9-17-12/h4-7,9H,3,8H2,1-2H3,(H2,16,17,18). The van der Waals surface area contributed by atoms with Gasteiger partial charge in [-0.15, -0.1) is 0 Å². The van der Waals surface area contributed by atoms with Crippen LogP contribution in [0.5, 0.6) is 0 Å². The van der Waals surface area contributed by atoms with Gasteiger partial charge < -0.3 is 10.3 Å². The summed E-state index contributed by atoms with van der Waals surface area (Å²) >= 11 is 0. The second-order valence-corrected chi connectivity index (χ2v) is 4.77. The molecule has 0 aliphatic heterocycles. The minimum Gasteiger partial charge on any atom is -0.383 e. The molecule has 0 saturated carbocycles. The average Bonchev–Trinajstić information content (AvgIpc) is 2.81. The van der Waals surface area contributed by atoms with Gasteiger partial charge in [0.1, 0.15) is 18.0 Å². The number of nitrogen functional groups attached to an aromatic ring is 1. The lowest BCUT2D eigenvalue weighted by atomic mass is 10.2. The number of benzene rings is 1. The first-order valence-corrected chi connectivity index (χ1v) is 6.70. The number of nitrogens with zero attached hydrogens (tertiary/aromatic N) is 4. The van der Waals surface area contributed by atoms with Crippen molar-refractivity contribution in [3.05, 3.63) is 47.7 Å². The number of imidazole rings is 1. The lowest BCUT2D eigenvalue weighted by Crippen LogP contribution is -2.07. The lowest BCUT2D eigenvalue weighted by Gasteiger charge is -2.08. The van der Waals surface area contributed by atoms with Crippen LogP contribution in [0, 0.1) is 6.92 Å². The zero-order valence-corrected chi connectivity index (χ0v) is 11.7. The van der Waals surface area contributed by atoms with Crippen LogP contribution >= 0.6 is 0 Å². The topological polar surface area (TPSA) is 69.6 Å². The van der Waals surface area contributed by atoms with Crippen LogP contribution in [-0.2, 0) is 13.0 Å². The third-order valence-corrected chi connectivity index (χ3v) is 3.60. The molecule has 0 bridgehead atoms. The molecule has 0 aliphatic carbocycles. The summed E-state index contributed by atoms with van der Waals surface area (Å²) in [6.45, 7) is 4.96. The third kappa shape index (κ3) is 2.01. The molecule has 102 valence electrons. The largest absolute Gasteiger partial charge is 0.383 e. The number of hydrogen-bond donors (Lipinski definition) is 1. The third-order valence-electron chi connectivity index (χ3n) is 3.60. The van der Waals surface area contributed by atoms with Gasteiger partial charge in [-0.2, -0.15) is 0 Å². The maximum atomic E-state index is 5.84. The Kier molecular flexibility index (Phi) is 3.10. The molecule has 20 heavy (non-hydrogen) atoms. The van der Waals surface area contributed by atoms with Crippen LogP contribution in [0.4, 0.5) is 5.82 Å². The van der Waals surface area contributed by atoms with Crippen molar-refractivity contribution in [3.63, 3.8) is 0 Å². The van der Waals surface area contributed by atoms with E-state index in [1.807, 2.05) is 25.1 Å². The molecule has 2 N–H and O–H groups in total. The maximum absolute atomic E-state index is 5.84.